The fraction of sp³-hybridized carbons (Fsp3) is 0.278. The topological polar surface area (TPSA) is 68.9 Å². The maximum absolute atomic E-state index is 12.4. The third-order valence-corrected chi connectivity index (χ3v) is 5.13. The molecule has 0 unspecified atom stereocenters. The third kappa shape index (κ3) is 3.14. The second-order valence-corrected chi connectivity index (χ2v) is 7.94. The smallest absolute Gasteiger partial charge is 0.285 e. The van der Waals surface area contributed by atoms with E-state index in [0.717, 1.165) is 22.5 Å². The van der Waals surface area contributed by atoms with Crippen LogP contribution in [0, 0.1) is 13.8 Å². The number of ether oxygens (including phenoxy) is 1. The lowest BCUT2D eigenvalue weighted by Crippen LogP contribution is -2.22. The van der Waals surface area contributed by atoms with Crippen molar-refractivity contribution in [1.82, 2.24) is 0 Å². The number of hydrogen-bond acceptors (Lipinski definition) is 4. The third-order valence-electron chi connectivity index (χ3n) is 3.85. The molecule has 1 aliphatic heterocycles. The fourth-order valence-corrected chi connectivity index (χ4v) is 3.50. The number of sulfonamides is 1. The number of nitrogens with zero attached hydrogens (tertiary/aromatic N) is 1. The molecule has 0 N–H and O–H groups in total. The molecule has 6 heteroatoms. The van der Waals surface area contributed by atoms with Gasteiger partial charge in [0.2, 0.25) is 5.90 Å². The summed E-state index contributed by atoms with van der Waals surface area (Å²) in [5, 5.41) is 0. The van der Waals surface area contributed by atoms with Gasteiger partial charge in [0.15, 0.2) is 0 Å². The predicted molar refractivity (Wildman–Crippen MR) is 92.4 cm³/mol. The van der Waals surface area contributed by atoms with Gasteiger partial charge in [0.05, 0.1) is 11.2 Å². The second-order valence-electron chi connectivity index (χ2n) is 6.33. The molecule has 1 aliphatic rings. The maximum Gasteiger partial charge on any atom is 0.285 e. The zero-order valence-electron chi connectivity index (χ0n) is 14.0. The summed E-state index contributed by atoms with van der Waals surface area (Å²) < 4.78 is 39.8. The monoisotopic (exact) mass is 345 g/mol. The molecule has 0 bridgehead atoms. The van der Waals surface area contributed by atoms with Crippen LogP contribution >= 0.6 is 0 Å². The van der Waals surface area contributed by atoms with E-state index in [1.165, 1.54) is 0 Å². The molecule has 0 saturated carbocycles. The normalized spacial score (nSPS) is 18.5. The number of benzene rings is 1. The van der Waals surface area contributed by atoms with Crippen LogP contribution in [-0.2, 0) is 14.8 Å². The maximum atomic E-state index is 12.4. The summed E-state index contributed by atoms with van der Waals surface area (Å²) in [6.45, 7) is 7.47. The molecule has 2 aromatic rings. The first kappa shape index (κ1) is 16.5. The molecule has 5 nitrogen and oxygen atoms in total. The Morgan fingerprint density at radius 1 is 1.08 bits per heavy atom. The molecular formula is C18H19NO4S. The summed E-state index contributed by atoms with van der Waals surface area (Å²) >= 11 is 0. The van der Waals surface area contributed by atoms with Gasteiger partial charge in [-0.15, -0.1) is 4.40 Å². The highest BCUT2D eigenvalue weighted by molar-refractivity contribution is 7.90. The highest BCUT2D eigenvalue weighted by Crippen LogP contribution is 2.36. The average molecular weight is 345 g/mol. The molecule has 126 valence electrons. The van der Waals surface area contributed by atoms with Gasteiger partial charge in [-0.25, -0.2) is 0 Å². The lowest BCUT2D eigenvalue weighted by Gasteiger charge is -2.21. The highest BCUT2D eigenvalue weighted by Gasteiger charge is 2.35. The van der Waals surface area contributed by atoms with Crippen LogP contribution in [0.15, 0.2) is 56.4 Å². The van der Waals surface area contributed by atoms with Crippen LogP contribution in [-0.4, -0.2) is 19.9 Å². The Balaban J connectivity index is 1.99. The largest absolute Gasteiger partial charge is 0.469 e. The van der Waals surface area contributed by atoms with Crippen molar-refractivity contribution in [3.8, 4) is 0 Å². The van der Waals surface area contributed by atoms with Crippen LogP contribution in [0.2, 0.25) is 0 Å². The fourth-order valence-electron chi connectivity index (χ4n) is 2.59. The van der Waals surface area contributed by atoms with Crippen molar-refractivity contribution in [2.75, 3.05) is 0 Å². The zero-order valence-corrected chi connectivity index (χ0v) is 14.8. The average Bonchev–Trinajstić information content (AvgIpc) is 3.01. The van der Waals surface area contributed by atoms with Crippen LogP contribution < -0.4 is 0 Å². The van der Waals surface area contributed by atoms with E-state index in [-0.39, 0.29) is 10.8 Å². The molecule has 0 aliphatic carbocycles. The minimum Gasteiger partial charge on any atom is -0.469 e. The van der Waals surface area contributed by atoms with E-state index in [1.54, 1.807) is 36.6 Å². The Kier molecular flexibility index (Phi) is 3.87. The molecular weight excluding hydrogens is 326 g/mol. The van der Waals surface area contributed by atoms with Crippen LogP contribution in [0.3, 0.4) is 0 Å². The van der Waals surface area contributed by atoms with Crippen molar-refractivity contribution in [2.24, 2.45) is 4.40 Å². The van der Waals surface area contributed by atoms with E-state index in [1.807, 2.05) is 33.8 Å². The number of furan rings is 1. The lowest BCUT2D eigenvalue weighted by molar-refractivity contribution is 0.171. The quantitative estimate of drug-likeness (QED) is 0.846. The Morgan fingerprint density at radius 2 is 1.75 bits per heavy atom. The van der Waals surface area contributed by atoms with Crippen LogP contribution in [0.25, 0.3) is 5.57 Å². The lowest BCUT2D eigenvalue weighted by atomic mass is 9.94. The number of aryl methyl sites for hydroxylation is 2. The molecule has 3 rings (SSSR count). The summed E-state index contributed by atoms with van der Waals surface area (Å²) in [6.07, 6.45) is 3.28. The van der Waals surface area contributed by atoms with E-state index in [4.69, 9.17) is 9.15 Å². The molecule has 24 heavy (non-hydrogen) atoms. The van der Waals surface area contributed by atoms with Gasteiger partial charge in [0.1, 0.15) is 11.4 Å². The predicted octanol–water partition coefficient (Wildman–Crippen LogP) is 3.88. The van der Waals surface area contributed by atoms with Crippen LogP contribution in [0.5, 0.6) is 0 Å². The van der Waals surface area contributed by atoms with Crippen molar-refractivity contribution in [3.05, 3.63) is 59.6 Å². The number of hydrogen-bond donors (Lipinski definition) is 0. The first-order valence-electron chi connectivity index (χ1n) is 7.56. The van der Waals surface area contributed by atoms with Gasteiger partial charge in [0, 0.05) is 17.2 Å². The van der Waals surface area contributed by atoms with Gasteiger partial charge in [-0.3, -0.25) is 0 Å². The standard InChI is InChI=1S/C18H19NO4S/c1-12-5-7-15(8-6-12)24(20,21)19-17-10-16(18(3,4)23-17)14-9-13(2)22-11-14/h5-11H,1-4H3/b19-17-. The van der Waals surface area contributed by atoms with Crippen molar-refractivity contribution in [2.45, 2.75) is 38.2 Å². The van der Waals surface area contributed by atoms with E-state index in [2.05, 4.69) is 4.40 Å². The minimum absolute atomic E-state index is 0.0782. The van der Waals surface area contributed by atoms with Crippen molar-refractivity contribution in [1.29, 1.82) is 0 Å². The van der Waals surface area contributed by atoms with Gasteiger partial charge in [0.25, 0.3) is 10.0 Å². The van der Waals surface area contributed by atoms with Crippen molar-refractivity contribution >= 4 is 21.5 Å². The Morgan fingerprint density at radius 3 is 2.33 bits per heavy atom. The Labute approximate surface area is 141 Å². The molecule has 0 saturated heterocycles. The first-order chi connectivity index (χ1) is 11.2. The molecule has 0 radical (unpaired) electrons. The SMILES string of the molecule is Cc1ccc(S(=O)(=O)/N=C2/C=C(c3coc(C)c3)C(C)(C)O2)cc1. The van der Waals surface area contributed by atoms with E-state index >= 15 is 0 Å². The minimum atomic E-state index is -3.82. The Bertz CT molecular complexity index is 932. The van der Waals surface area contributed by atoms with Gasteiger partial charge in [-0.1, -0.05) is 17.7 Å². The van der Waals surface area contributed by atoms with E-state index in [0.29, 0.717) is 0 Å². The summed E-state index contributed by atoms with van der Waals surface area (Å²) in [5.74, 6) is 0.855. The van der Waals surface area contributed by atoms with Crippen LogP contribution in [0.1, 0.15) is 30.7 Å². The molecule has 0 spiro atoms. The summed E-state index contributed by atoms with van der Waals surface area (Å²) in [4.78, 5) is 0.142. The summed E-state index contributed by atoms with van der Waals surface area (Å²) in [5.41, 5.74) is 1.99. The summed E-state index contributed by atoms with van der Waals surface area (Å²) in [7, 11) is -3.82. The van der Waals surface area contributed by atoms with Crippen molar-refractivity contribution in [3.63, 3.8) is 0 Å². The van der Waals surface area contributed by atoms with Gasteiger partial charge >= 0.3 is 0 Å². The molecule has 1 aromatic heterocycles. The Hall–Kier alpha value is -2.34. The number of rotatable bonds is 3. The van der Waals surface area contributed by atoms with E-state index < -0.39 is 15.6 Å². The highest BCUT2D eigenvalue weighted by atomic mass is 32.2. The van der Waals surface area contributed by atoms with Gasteiger partial charge in [-0.05, 0) is 45.9 Å². The molecule has 2 heterocycles. The molecule has 0 atom stereocenters. The second kappa shape index (κ2) is 5.63. The van der Waals surface area contributed by atoms with Gasteiger partial charge in [-0.2, -0.15) is 8.42 Å². The summed E-state index contributed by atoms with van der Waals surface area (Å²) in [6, 6.07) is 8.44. The first-order valence-corrected chi connectivity index (χ1v) is 9.00. The van der Waals surface area contributed by atoms with Crippen molar-refractivity contribution < 1.29 is 17.6 Å². The van der Waals surface area contributed by atoms with Crippen LogP contribution in [0.4, 0.5) is 0 Å². The molecule has 0 fully saturated rings. The molecule has 1 aromatic carbocycles. The van der Waals surface area contributed by atoms with E-state index in [9.17, 15) is 8.42 Å². The zero-order chi connectivity index (χ0) is 17.5. The van der Waals surface area contributed by atoms with Gasteiger partial charge < -0.3 is 9.15 Å². The molecule has 0 amide bonds.